The third-order valence-corrected chi connectivity index (χ3v) is 0.909. The van der Waals surface area contributed by atoms with Gasteiger partial charge < -0.3 is 18.5 Å². The number of nitrogens with one attached hydrogen (secondary N) is 2. The summed E-state index contributed by atoms with van der Waals surface area (Å²) in [5, 5.41) is 10.4. The first-order valence-corrected chi connectivity index (χ1v) is 2.43. The van der Waals surface area contributed by atoms with Crippen molar-refractivity contribution in [3.63, 3.8) is 0 Å². The van der Waals surface area contributed by atoms with E-state index in [0.717, 1.165) is 0 Å². The van der Waals surface area contributed by atoms with Crippen LogP contribution in [0.25, 0.3) is 0 Å². The van der Waals surface area contributed by atoms with E-state index in [4.69, 9.17) is 12.3 Å². The molecule has 1 radical (unpaired) electrons. The van der Waals surface area contributed by atoms with Crippen molar-refractivity contribution in [3.05, 3.63) is 14.5 Å². The number of hydrogen-bond acceptors (Lipinski definition) is 4. The van der Waals surface area contributed by atoms with Gasteiger partial charge in [0.15, 0.2) is 0 Å². The van der Waals surface area contributed by atoms with E-state index in [2.05, 4.69) is 19.8 Å². The van der Waals surface area contributed by atoms with Gasteiger partial charge in [0.05, 0.1) is 6.04 Å². The molecule has 0 saturated heterocycles. The SMILES string of the molecule is [2H][CH2-].[CH2-]NC(CN)C(=O)NO.[Y]. The van der Waals surface area contributed by atoms with Crippen molar-refractivity contribution in [2.75, 3.05) is 6.54 Å². The Hall–Kier alpha value is 0.454. The number of rotatable bonds is 3. The van der Waals surface area contributed by atoms with Gasteiger partial charge in [-0.1, -0.05) is 0 Å². The maximum atomic E-state index is 10.4. The van der Waals surface area contributed by atoms with Gasteiger partial charge in [-0.05, 0) is 0 Å². The quantitative estimate of drug-likeness (QED) is 0.277. The first-order chi connectivity index (χ1) is 5.26. The van der Waals surface area contributed by atoms with Gasteiger partial charge in [0.2, 0.25) is 0 Å². The van der Waals surface area contributed by atoms with Crippen LogP contribution in [0.2, 0.25) is 0 Å². The summed E-state index contributed by atoms with van der Waals surface area (Å²) in [4.78, 5) is 10.4. The van der Waals surface area contributed by atoms with Gasteiger partial charge in [-0.3, -0.25) is 17.0 Å². The summed E-state index contributed by atoms with van der Waals surface area (Å²) in [6.07, 6.45) is 0. The molecule has 0 heterocycles. The van der Waals surface area contributed by atoms with Crippen LogP contribution in [0, 0.1) is 14.5 Å². The van der Waals surface area contributed by atoms with E-state index in [0.29, 0.717) is 0 Å². The van der Waals surface area contributed by atoms with Crippen LogP contribution in [0.5, 0.6) is 0 Å². The van der Waals surface area contributed by atoms with Crippen LogP contribution in [0.1, 0.15) is 1.37 Å². The summed E-state index contributed by atoms with van der Waals surface area (Å²) in [7, 11) is 5.72. The van der Waals surface area contributed by atoms with E-state index in [1.54, 1.807) is 0 Å². The molecule has 5 nitrogen and oxygen atoms in total. The Balaban J connectivity index is -0.000000249. The molecule has 0 aromatic rings. The molecule has 0 rings (SSSR count). The van der Waals surface area contributed by atoms with E-state index >= 15 is 0 Å². The summed E-state index contributed by atoms with van der Waals surface area (Å²) in [5.41, 5.74) is 6.53. The molecule has 0 aromatic heterocycles. The minimum absolute atomic E-state index is 0. The first kappa shape index (κ1) is 14.0. The number of carbonyl (C=O) groups is 1. The molecule has 0 fully saturated rings. The molecule has 11 heavy (non-hydrogen) atoms. The summed E-state index contributed by atoms with van der Waals surface area (Å²) in [6.45, 7) is 0.107. The normalized spacial score (nSPS) is 11.1. The average Bonchev–Trinajstić information content (AvgIpc) is 2.10. The van der Waals surface area contributed by atoms with Crippen molar-refractivity contribution in [1.29, 1.82) is 0 Å². The maximum Gasteiger partial charge on any atom is 0.259 e. The molecule has 0 aliphatic carbocycles. The largest absolute Gasteiger partial charge is 0.461 e. The molecule has 0 aliphatic rings. The second-order valence-electron chi connectivity index (χ2n) is 1.47. The standard InChI is InChI=1S/C4H10N3O2.CH3.Y/c1-6-3(2-5)4(8)7-9;;/h3,6,9H,1-2,5H2,(H,7,8);1H3;/q2*-1;/i;1D;. The van der Waals surface area contributed by atoms with Crippen LogP contribution < -0.4 is 16.5 Å². The summed E-state index contributed by atoms with van der Waals surface area (Å²) in [6, 6.07) is -0.616. The summed E-state index contributed by atoms with van der Waals surface area (Å²) >= 11 is 0. The Bertz CT molecular complexity index is 103. The number of nitrogens with two attached hydrogens (primary N) is 1. The fourth-order valence-corrected chi connectivity index (χ4v) is 0.361. The number of amides is 1. The third kappa shape index (κ3) is 6.84. The van der Waals surface area contributed by atoms with Gasteiger partial charge in [-0.25, -0.2) is 6.85 Å². The van der Waals surface area contributed by atoms with Crippen LogP contribution in [0.3, 0.4) is 0 Å². The molecule has 0 aromatic carbocycles. The maximum absolute atomic E-state index is 10.4. The molecular weight excluding hydrogens is 223 g/mol. The molecular formula is C5H13N3O2Y-2. The van der Waals surface area contributed by atoms with Crippen molar-refractivity contribution < 1.29 is 44.1 Å². The van der Waals surface area contributed by atoms with Crippen LogP contribution in [-0.2, 0) is 37.5 Å². The zero-order chi connectivity index (χ0) is 9.28. The fourth-order valence-electron chi connectivity index (χ4n) is 0.361. The molecule has 0 aliphatic heterocycles. The van der Waals surface area contributed by atoms with Crippen molar-refractivity contribution >= 4 is 5.91 Å². The van der Waals surface area contributed by atoms with E-state index < -0.39 is 11.9 Å². The topological polar surface area (TPSA) is 87.4 Å². The van der Waals surface area contributed by atoms with Crippen molar-refractivity contribution in [2.24, 2.45) is 5.73 Å². The van der Waals surface area contributed by atoms with Crippen molar-refractivity contribution in [1.82, 2.24) is 10.8 Å². The Kier molecular flexibility index (Phi) is 13.3. The predicted molar refractivity (Wildman–Crippen MR) is 37.7 cm³/mol. The Morgan fingerprint density at radius 2 is 2.36 bits per heavy atom. The molecule has 5 N–H and O–H groups in total. The smallest absolute Gasteiger partial charge is 0.259 e. The van der Waals surface area contributed by atoms with Gasteiger partial charge in [0.1, 0.15) is 0 Å². The second-order valence-corrected chi connectivity index (χ2v) is 1.47. The monoisotopic (exact) mass is 237 g/mol. The summed E-state index contributed by atoms with van der Waals surface area (Å²) in [5.74, 6) is -0.576. The van der Waals surface area contributed by atoms with Crippen LogP contribution in [-0.4, -0.2) is 23.7 Å². The second kappa shape index (κ2) is 10.5. The van der Waals surface area contributed by atoms with Gasteiger partial charge >= 0.3 is 0 Å². The van der Waals surface area contributed by atoms with E-state index in [1.807, 2.05) is 0 Å². The van der Waals surface area contributed by atoms with Crippen LogP contribution in [0.4, 0.5) is 0 Å². The minimum atomic E-state index is -0.616. The molecule has 6 heteroatoms. The fraction of sp³-hybridized carbons (Fsp3) is 0.400. The zero-order valence-electron chi connectivity index (χ0n) is 7.21. The average molecular weight is 237 g/mol. The Labute approximate surface area is 93.3 Å². The minimum Gasteiger partial charge on any atom is -0.461 e. The Morgan fingerprint density at radius 1 is 1.91 bits per heavy atom. The van der Waals surface area contributed by atoms with Crippen LogP contribution in [0.15, 0.2) is 0 Å². The van der Waals surface area contributed by atoms with E-state index in [1.165, 1.54) is 5.48 Å². The van der Waals surface area contributed by atoms with E-state index in [-0.39, 0.29) is 39.3 Å². The van der Waals surface area contributed by atoms with Gasteiger partial charge in [0, 0.05) is 39.3 Å². The zero-order valence-corrected chi connectivity index (χ0v) is 9.05. The molecule has 1 atom stereocenters. The molecule has 0 spiro atoms. The number of carbonyl (C=O) groups excluding carboxylic acids is 1. The summed E-state index contributed by atoms with van der Waals surface area (Å²) < 4.78 is 5.50. The van der Waals surface area contributed by atoms with Gasteiger partial charge in [-0.15, -0.1) is 0 Å². The molecule has 1 amide bonds. The molecule has 0 bridgehead atoms. The van der Waals surface area contributed by atoms with Crippen molar-refractivity contribution in [3.8, 4) is 0 Å². The van der Waals surface area contributed by atoms with Crippen molar-refractivity contribution in [2.45, 2.75) is 6.04 Å². The Morgan fingerprint density at radius 3 is 2.45 bits per heavy atom. The van der Waals surface area contributed by atoms with Crippen LogP contribution >= 0.6 is 0 Å². The predicted octanol–water partition coefficient (Wildman–Crippen LogP) is -1.35. The molecule has 65 valence electrons. The van der Waals surface area contributed by atoms with Gasteiger partial charge in [-0.2, -0.15) is 0 Å². The van der Waals surface area contributed by atoms with Gasteiger partial charge in [0.25, 0.3) is 5.91 Å². The third-order valence-electron chi connectivity index (χ3n) is 0.909. The molecule has 1 unspecified atom stereocenters. The first-order valence-electron chi connectivity index (χ1n) is 3.13. The molecule has 0 saturated carbocycles. The van der Waals surface area contributed by atoms with E-state index in [9.17, 15) is 4.79 Å². The number of hydrogen-bond donors (Lipinski definition) is 4. The number of hydroxylamine groups is 1.